The van der Waals surface area contributed by atoms with E-state index < -0.39 is 0 Å². The van der Waals surface area contributed by atoms with Crippen LogP contribution in [-0.2, 0) is 6.42 Å². The maximum absolute atomic E-state index is 3.68. The van der Waals surface area contributed by atoms with Gasteiger partial charge in [-0.3, -0.25) is 0 Å². The van der Waals surface area contributed by atoms with Gasteiger partial charge >= 0.3 is 0 Å². The molecule has 0 aromatic carbocycles. The van der Waals surface area contributed by atoms with Crippen LogP contribution in [0, 0.1) is 0 Å². The van der Waals surface area contributed by atoms with Crippen molar-refractivity contribution in [2.24, 2.45) is 0 Å². The van der Waals surface area contributed by atoms with Crippen molar-refractivity contribution in [2.75, 3.05) is 0 Å². The van der Waals surface area contributed by atoms with Crippen LogP contribution in [0.25, 0.3) is 0 Å². The molecule has 0 spiro atoms. The standard InChI is InChI=1S/C13H19NS/c1-3-12-8-9-13(15-12)10(2)14-11-6-4-5-7-11/h4-5,8-11,14H,3,6-7H2,1-2H3. The highest BCUT2D eigenvalue weighted by molar-refractivity contribution is 7.12. The predicted octanol–water partition coefficient (Wildman–Crippen LogP) is 3.68. The molecule has 2 rings (SSSR count). The first-order chi connectivity index (χ1) is 7.29. The van der Waals surface area contributed by atoms with Crippen molar-refractivity contribution in [1.29, 1.82) is 0 Å². The van der Waals surface area contributed by atoms with Gasteiger partial charge in [0.2, 0.25) is 0 Å². The smallest absolute Gasteiger partial charge is 0.0388 e. The Morgan fingerprint density at radius 3 is 2.73 bits per heavy atom. The summed E-state index contributed by atoms with van der Waals surface area (Å²) in [5.41, 5.74) is 0. The molecule has 0 saturated carbocycles. The van der Waals surface area contributed by atoms with E-state index in [-0.39, 0.29) is 0 Å². The Bertz CT molecular complexity index is 332. The predicted molar refractivity (Wildman–Crippen MR) is 67.4 cm³/mol. The molecule has 0 amide bonds. The van der Waals surface area contributed by atoms with E-state index in [1.807, 2.05) is 11.3 Å². The Hall–Kier alpha value is -0.600. The van der Waals surface area contributed by atoms with Gasteiger partial charge < -0.3 is 5.32 Å². The van der Waals surface area contributed by atoms with Gasteiger partial charge in [-0.15, -0.1) is 11.3 Å². The summed E-state index contributed by atoms with van der Waals surface area (Å²) in [5.74, 6) is 0. The normalized spacial score (nSPS) is 18.5. The van der Waals surface area contributed by atoms with E-state index in [9.17, 15) is 0 Å². The molecular weight excluding hydrogens is 202 g/mol. The molecule has 1 heterocycles. The van der Waals surface area contributed by atoms with Gasteiger partial charge in [-0.25, -0.2) is 0 Å². The molecule has 1 aliphatic rings. The van der Waals surface area contributed by atoms with E-state index in [0.717, 1.165) is 6.42 Å². The van der Waals surface area contributed by atoms with E-state index in [4.69, 9.17) is 0 Å². The number of nitrogens with one attached hydrogen (secondary N) is 1. The highest BCUT2D eigenvalue weighted by Crippen LogP contribution is 2.25. The first-order valence-electron chi connectivity index (χ1n) is 5.79. The molecule has 15 heavy (non-hydrogen) atoms. The van der Waals surface area contributed by atoms with Crippen molar-refractivity contribution >= 4 is 11.3 Å². The summed E-state index contributed by atoms with van der Waals surface area (Å²) in [6, 6.07) is 5.68. The van der Waals surface area contributed by atoms with Gasteiger partial charge in [-0.1, -0.05) is 19.1 Å². The first kappa shape index (κ1) is 10.9. The van der Waals surface area contributed by atoms with Crippen LogP contribution in [0.2, 0.25) is 0 Å². The van der Waals surface area contributed by atoms with Crippen LogP contribution >= 0.6 is 11.3 Å². The lowest BCUT2D eigenvalue weighted by Crippen LogP contribution is -2.28. The fraction of sp³-hybridized carbons (Fsp3) is 0.538. The Morgan fingerprint density at radius 2 is 2.13 bits per heavy atom. The lowest BCUT2D eigenvalue weighted by atomic mass is 10.2. The van der Waals surface area contributed by atoms with E-state index in [2.05, 4.69) is 43.4 Å². The second-order valence-corrected chi connectivity index (χ2v) is 5.39. The highest BCUT2D eigenvalue weighted by atomic mass is 32.1. The number of thiophene rings is 1. The lowest BCUT2D eigenvalue weighted by Gasteiger charge is -2.17. The van der Waals surface area contributed by atoms with Crippen LogP contribution in [0.4, 0.5) is 0 Å². The van der Waals surface area contributed by atoms with Gasteiger partial charge in [0.1, 0.15) is 0 Å². The molecule has 1 aromatic rings. The van der Waals surface area contributed by atoms with Crippen molar-refractivity contribution in [2.45, 2.75) is 45.2 Å². The molecule has 0 fully saturated rings. The summed E-state index contributed by atoms with van der Waals surface area (Å²) in [6.45, 7) is 4.48. The van der Waals surface area contributed by atoms with E-state index in [1.165, 1.54) is 22.6 Å². The quantitative estimate of drug-likeness (QED) is 0.765. The summed E-state index contributed by atoms with van der Waals surface area (Å²) in [6.07, 6.45) is 8.08. The molecule has 1 unspecified atom stereocenters. The van der Waals surface area contributed by atoms with Gasteiger partial charge in [-0.2, -0.15) is 0 Å². The first-order valence-corrected chi connectivity index (χ1v) is 6.61. The third kappa shape index (κ3) is 2.70. The van der Waals surface area contributed by atoms with Crippen LogP contribution in [0.5, 0.6) is 0 Å². The van der Waals surface area contributed by atoms with Crippen molar-refractivity contribution in [3.63, 3.8) is 0 Å². The number of rotatable bonds is 4. The molecule has 82 valence electrons. The maximum atomic E-state index is 3.68. The van der Waals surface area contributed by atoms with Gasteiger partial charge in [0.05, 0.1) is 0 Å². The van der Waals surface area contributed by atoms with Crippen molar-refractivity contribution in [3.05, 3.63) is 34.0 Å². The highest BCUT2D eigenvalue weighted by Gasteiger charge is 2.15. The Kier molecular flexibility index (Phi) is 3.60. The lowest BCUT2D eigenvalue weighted by molar-refractivity contribution is 0.476. The fourth-order valence-corrected chi connectivity index (χ4v) is 2.97. The van der Waals surface area contributed by atoms with Crippen LogP contribution in [0.3, 0.4) is 0 Å². The molecule has 1 nitrogen and oxygen atoms in total. The molecule has 1 aliphatic carbocycles. The van der Waals surface area contributed by atoms with Gasteiger partial charge in [0.25, 0.3) is 0 Å². The minimum absolute atomic E-state index is 0.500. The van der Waals surface area contributed by atoms with E-state index in [1.54, 1.807) is 0 Å². The second kappa shape index (κ2) is 4.95. The van der Waals surface area contributed by atoms with Crippen LogP contribution in [0.15, 0.2) is 24.3 Å². The summed E-state index contributed by atoms with van der Waals surface area (Å²) < 4.78 is 0. The summed E-state index contributed by atoms with van der Waals surface area (Å²) >= 11 is 1.94. The number of hydrogen-bond donors (Lipinski definition) is 1. The van der Waals surface area contributed by atoms with Crippen molar-refractivity contribution in [3.8, 4) is 0 Å². The van der Waals surface area contributed by atoms with E-state index >= 15 is 0 Å². The van der Waals surface area contributed by atoms with Crippen LogP contribution in [0.1, 0.15) is 42.5 Å². The van der Waals surface area contributed by atoms with Gasteiger partial charge in [0, 0.05) is 21.8 Å². The minimum atomic E-state index is 0.500. The zero-order valence-corrected chi connectivity index (χ0v) is 10.3. The minimum Gasteiger partial charge on any atom is -0.306 e. The van der Waals surface area contributed by atoms with Crippen LogP contribution < -0.4 is 5.32 Å². The zero-order valence-electron chi connectivity index (χ0n) is 9.49. The SMILES string of the molecule is CCc1ccc(C(C)NC2CC=CC2)s1. The molecule has 1 aromatic heterocycles. The molecule has 1 atom stereocenters. The third-order valence-electron chi connectivity index (χ3n) is 2.95. The monoisotopic (exact) mass is 221 g/mol. The molecule has 0 radical (unpaired) electrons. The average Bonchev–Trinajstić information content (AvgIpc) is 2.86. The summed E-state index contributed by atoms with van der Waals surface area (Å²) in [7, 11) is 0. The summed E-state index contributed by atoms with van der Waals surface area (Å²) in [5, 5.41) is 3.68. The molecule has 1 N–H and O–H groups in total. The zero-order chi connectivity index (χ0) is 10.7. The van der Waals surface area contributed by atoms with E-state index in [0.29, 0.717) is 12.1 Å². The third-order valence-corrected chi connectivity index (χ3v) is 4.36. The Balaban J connectivity index is 1.91. The summed E-state index contributed by atoms with van der Waals surface area (Å²) in [4.78, 5) is 2.96. The van der Waals surface area contributed by atoms with Crippen molar-refractivity contribution < 1.29 is 0 Å². The maximum Gasteiger partial charge on any atom is 0.0388 e. The molecule has 0 saturated heterocycles. The number of aryl methyl sites for hydroxylation is 1. The Labute approximate surface area is 96.2 Å². The largest absolute Gasteiger partial charge is 0.306 e. The molecule has 2 heteroatoms. The number of hydrogen-bond acceptors (Lipinski definition) is 2. The van der Waals surface area contributed by atoms with Crippen molar-refractivity contribution in [1.82, 2.24) is 5.32 Å². The van der Waals surface area contributed by atoms with Gasteiger partial charge in [-0.05, 0) is 38.3 Å². The Morgan fingerprint density at radius 1 is 1.40 bits per heavy atom. The average molecular weight is 221 g/mol. The van der Waals surface area contributed by atoms with Gasteiger partial charge in [0.15, 0.2) is 0 Å². The van der Waals surface area contributed by atoms with Crippen LogP contribution in [-0.4, -0.2) is 6.04 Å². The molecule has 0 aliphatic heterocycles. The topological polar surface area (TPSA) is 12.0 Å². The molecule has 0 bridgehead atoms. The fourth-order valence-electron chi connectivity index (χ4n) is 2.01. The second-order valence-electron chi connectivity index (χ2n) is 4.19. The molecular formula is C13H19NS.